The zero-order valence-electron chi connectivity index (χ0n) is 10.1. The molecule has 1 aromatic rings. The van der Waals surface area contributed by atoms with Crippen molar-refractivity contribution in [3.8, 4) is 5.75 Å². The van der Waals surface area contributed by atoms with Gasteiger partial charge in [-0.05, 0) is 56.2 Å². The van der Waals surface area contributed by atoms with Crippen molar-refractivity contribution in [3.63, 3.8) is 0 Å². The third kappa shape index (κ3) is 2.52. The van der Waals surface area contributed by atoms with Gasteiger partial charge in [-0.3, -0.25) is 0 Å². The SMILES string of the molecule is Cc1cc(CCl)cc(C)c1OC1CCCC1. The van der Waals surface area contributed by atoms with E-state index in [1.807, 2.05) is 0 Å². The minimum atomic E-state index is 0.430. The van der Waals surface area contributed by atoms with Gasteiger partial charge in [0.25, 0.3) is 0 Å². The van der Waals surface area contributed by atoms with Gasteiger partial charge in [0.05, 0.1) is 6.10 Å². The maximum Gasteiger partial charge on any atom is 0.125 e. The lowest BCUT2D eigenvalue weighted by Crippen LogP contribution is -2.12. The highest BCUT2D eigenvalue weighted by Crippen LogP contribution is 2.30. The standard InChI is InChI=1S/C14H19ClO/c1-10-7-12(9-15)8-11(2)14(10)16-13-5-3-4-6-13/h7-8,13H,3-6,9H2,1-2H3. The number of aryl methyl sites for hydroxylation is 2. The molecule has 1 aromatic carbocycles. The Morgan fingerprint density at radius 2 is 1.75 bits per heavy atom. The lowest BCUT2D eigenvalue weighted by Gasteiger charge is -2.18. The monoisotopic (exact) mass is 238 g/mol. The summed E-state index contributed by atoms with van der Waals surface area (Å²) in [6, 6.07) is 4.26. The summed E-state index contributed by atoms with van der Waals surface area (Å²) in [6.45, 7) is 4.21. The molecule has 0 amide bonds. The van der Waals surface area contributed by atoms with Crippen LogP contribution in [0.5, 0.6) is 5.75 Å². The van der Waals surface area contributed by atoms with Gasteiger partial charge in [-0.15, -0.1) is 11.6 Å². The van der Waals surface area contributed by atoms with Crippen LogP contribution in [0.3, 0.4) is 0 Å². The molecule has 2 heteroatoms. The Kier molecular flexibility index (Phi) is 3.75. The molecular formula is C14H19ClO. The van der Waals surface area contributed by atoms with E-state index in [1.54, 1.807) is 0 Å². The average Bonchev–Trinajstić information content (AvgIpc) is 2.75. The van der Waals surface area contributed by atoms with Crippen LogP contribution in [0.25, 0.3) is 0 Å². The van der Waals surface area contributed by atoms with Crippen LogP contribution in [-0.2, 0) is 5.88 Å². The van der Waals surface area contributed by atoms with Crippen molar-refractivity contribution in [1.82, 2.24) is 0 Å². The van der Waals surface area contributed by atoms with Gasteiger partial charge in [0, 0.05) is 5.88 Å². The molecule has 0 N–H and O–H groups in total. The molecule has 0 saturated heterocycles. The molecule has 0 aromatic heterocycles. The summed E-state index contributed by atoms with van der Waals surface area (Å²) < 4.78 is 6.09. The molecule has 1 nitrogen and oxygen atoms in total. The van der Waals surface area contributed by atoms with Crippen LogP contribution in [0.2, 0.25) is 0 Å². The van der Waals surface area contributed by atoms with Gasteiger partial charge in [0.15, 0.2) is 0 Å². The fourth-order valence-electron chi connectivity index (χ4n) is 2.48. The van der Waals surface area contributed by atoms with Crippen LogP contribution in [0.15, 0.2) is 12.1 Å². The molecule has 0 radical (unpaired) electrons. The fourth-order valence-corrected chi connectivity index (χ4v) is 2.63. The Morgan fingerprint density at radius 3 is 2.25 bits per heavy atom. The largest absolute Gasteiger partial charge is 0.490 e. The van der Waals surface area contributed by atoms with Crippen molar-refractivity contribution in [1.29, 1.82) is 0 Å². The first-order chi connectivity index (χ1) is 7.70. The number of rotatable bonds is 3. The third-order valence-corrected chi connectivity index (χ3v) is 3.57. The number of ether oxygens (including phenoxy) is 1. The lowest BCUT2D eigenvalue weighted by molar-refractivity contribution is 0.207. The molecule has 1 saturated carbocycles. The van der Waals surface area contributed by atoms with Crippen molar-refractivity contribution in [2.75, 3.05) is 0 Å². The van der Waals surface area contributed by atoms with Crippen molar-refractivity contribution in [2.45, 2.75) is 51.5 Å². The summed E-state index contributed by atoms with van der Waals surface area (Å²) in [6.07, 6.45) is 5.45. The number of benzene rings is 1. The van der Waals surface area contributed by atoms with E-state index in [0.717, 1.165) is 5.75 Å². The molecule has 0 unspecified atom stereocenters. The maximum absolute atomic E-state index is 6.09. The minimum Gasteiger partial charge on any atom is -0.490 e. The van der Waals surface area contributed by atoms with Gasteiger partial charge in [0.1, 0.15) is 5.75 Å². The molecule has 0 aliphatic heterocycles. The van der Waals surface area contributed by atoms with E-state index in [0.29, 0.717) is 12.0 Å². The van der Waals surface area contributed by atoms with Crippen LogP contribution >= 0.6 is 11.6 Å². The molecular weight excluding hydrogens is 220 g/mol. The van der Waals surface area contributed by atoms with Gasteiger partial charge in [-0.2, -0.15) is 0 Å². The maximum atomic E-state index is 6.09. The van der Waals surface area contributed by atoms with Crippen molar-refractivity contribution < 1.29 is 4.74 Å². The Morgan fingerprint density at radius 1 is 1.19 bits per heavy atom. The van der Waals surface area contributed by atoms with Gasteiger partial charge < -0.3 is 4.74 Å². The fraction of sp³-hybridized carbons (Fsp3) is 0.571. The highest BCUT2D eigenvalue weighted by atomic mass is 35.5. The summed E-state index contributed by atoms with van der Waals surface area (Å²) in [4.78, 5) is 0. The Bertz CT molecular complexity index is 344. The number of halogens is 1. The summed E-state index contributed by atoms with van der Waals surface area (Å²) in [5.41, 5.74) is 3.60. The van der Waals surface area contributed by atoms with E-state index in [9.17, 15) is 0 Å². The molecule has 0 atom stereocenters. The Hall–Kier alpha value is -0.690. The first kappa shape index (κ1) is 11.8. The Labute approximate surface area is 103 Å². The minimum absolute atomic E-state index is 0.430. The average molecular weight is 239 g/mol. The molecule has 2 rings (SSSR count). The summed E-state index contributed by atoms with van der Waals surface area (Å²) in [5.74, 6) is 1.64. The van der Waals surface area contributed by atoms with Gasteiger partial charge in [-0.1, -0.05) is 12.1 Å². The molecule has 1 aliphatic carbocycles. The molecule has 1 aliphatic rings. The molecule has 16 heavy (non-hydrogen) atoms. The second-order valence-corrected chi connectivity index (χ2v) is 4.98. The number of hydrogen-bond donors (Lipinski definition) is 0. The Balaban J connectivity index is 2.19. The zero-order chi connectivity index (χ0) is 11.5. The predicted octanol–water partition coefficient (Wildman–Crippen LogP) is 4.36. The molecule has 88 valence electrons. The molecule has 0 bridgehead atoms. The summed E-state index contributed by atoms with van der Waals surface area (Å²) >= 11 is 5.85. The van der Waals surface area contributed by atoms with E-state index in [-0.39, 0.29) is 0 Å². The van der Waals surface area contributed by atoms with Crippen molar-refractivity contribution in [2.24, 2.45) is 0 Å². The van der Waals surface area contributed by atoms with E-state index >= 15 is 0 Å². The first-order valence-corrected chi connectivity index (χ1v) is 6.57. The molecule has 1 fully saturated rings. The lowest BCUT2D eigenvalue weighted by atomic mass is 10.1. The van der Waals surface area contributed by atoms with Gasteiger partial charge in [-0.25, -0.2) is 0 Å². The molecule has 0 heterocycles. The quantitative estimate of drug-likeness (QED) is 0.711. The second-order valence-electron chi connectivity index (χ2n) is 4.72. The van der Waals surface area contributed by atoms with Crippen LogP contribution in [-0.4, -0.2) is 6.10 Å². The summed E-state index contributed by atoms with van der Waals surface area (Å²) in [7, 11) is 0. The van der Waals surface area contributed by atoms with E-state index in [2.05, 4.69) is 26.0 Å². The van der Waals surface area contributed by atoms with Gasteiger partial charge >= 0.3 is 0 Å². The highest BCUT2D eigenvalue weighted by Gasteiger charge is 2.18. The smallest absolute Gasteiger partial charge is 0.125 e. The third-order valence-electron chi connectivity index (χ3n) is 3.26. The first-order valence-electron chi connectivity index (χ1n) is 6.03. The van der Waals surface area contributed by atoms with Crippen molar-refractivity contribution in [3.05, 3.63) is 28.8 Å². The normalized spacial score (nSPS) is 16.7. The van der Waals surface area contributed by atoms with Crippen molar-refractivity contribution >= 4 is 11.6 Å². The number of hydrogen-bond acceptors (Lipinski definition) is 1. The van der Waals surface area contributed by atoms with Crippen LogP contribution in [0.1, 0.15) is 42.4 Å². The van der Waals surface area contributed by atoms with E-state index < -0.39 is 0 Å². The predicted molar refractivity (Wildman–Crippen MR) is 68.4 cm³/mol. The van der Waals surface area contributed by atoms with E-state index in [4.69, 9.17) is 16.3 Å². The second kappa shape index (κ2) is 5.09. The zero-order valence-corrected chi connectivity index (χ0v) is 10.8. The van der Waals surface area contributed by atoms with Crippen LogP contribution in [0.4, 0.5) is 0 Å². The van der Waals surface area contributed by atoms with Gasteiger partial charge in [0.2, 0.25) is 0 Å². The summed E-state index contributed by atoms with van der Waals surface area (Å²) in [5, 5.41) is 0. The van der Waals surface area contributed by atoms with Crippen LogP contribution < -0.4 is 4.74 Å². The van der Waals surface area contributed by atoms with E-state index in [1.165, 1.54) is 42.4 Å². The topological polar surface area (TPSA) is 9.23 Å². The molecule has 0 spiro atoms. The van der Waals surface area contributed by atoms with Crippen LogP contribution in [0, 0.1) is 13.8 Å². The number of alkyl halides is 1. The highest BCUT2D eigenvalue weighted by molar-refractivity contribution is 6.17.